The quantitative estimate of drug-likeness (QED) is 0.913. The van der Waals surface area contributed by atoms with Gasteiger partial charge < -0.3 is 9.84 Å². The average Bonchev–Trinajstić information content (AvgIpc) is 2.34. The molecule has 0 saturated heterocycles. The van der Waals surface area contributed by atoms with E-state index < -0.39 is 5.97 Å². The van der Waals surface area contributed by atoms with Crippen molar-refractivity contribution < 1.29 is 14.6 Å². The molecule has 0 aliphatic heterocycles. The molecule has 18 heavy (non-hydrogen) atoms. The zero-order valence-corrected chi connectivity index (χ0v) is 10.2. The Morgan fingerprint density at radius 3 is 2.50 bits per heavy atom. The number of carboxylic acids is 1. The van der Waals surface area contributed by atoms with Gasteiger partial charge in [-0.3, -0.25) is 4.79 Å². The highest BCUT2D eigenvalue weighted by molar-refractivity contribution is 6.31. The van der Waals surface area contributed by atoms with Crippen LogP contribution < -0.4 is 4.74 Å². The highest BCUT2D eigenvalue weighted by atomic mass is 35.5. The summed E-state index contributed by atoms with van der Waals surface area (Å²) in [4.78, 5) is 10.8. The van der Waals surface area contributed by atoms with Gasteiger partial charge in [-0.2, -0.15) is 0 Å². The molecule has 0 fully saturated rings. The van der Waals surface area contributed by atoms with E-state index in [1.165, 1.54) is 0 Å². The number of rotatable bonds is 4. The summed E-state index contributed by atoms with van der Waals surface area (Å²) >= 11 is 6.00. The van der Waals surface area contributed by atoms with Crippen molar-refractivity contribution in [1.82, 2.24) is 0 Å². The zero-order chi connectivity index (χ0) is 13.0. The van der Waals surface area contributed by atoms with Gasteiger partial charge in [0.05, 0.1) is 6.42 Å². The molecule has 0 aliphatic carbocycles. The average molecular weight is 263 g/mol. The van der Waals surface area contributed by atoms with Crippen LogP contribution in [0.2, 0.25) is 5.02 Å². The van der Waals surface area contributed by atoms with E-state index in [0.29, 0.717) is 22.1 Å². The van der Waals surface area contributed by atoms with Crippen LogP contribution in [-0.4, -0.2) is 11.1 Å². The summed E-state index contributed by atoms with van der Waals surface area (Å²) in [5.74, 6) is 0.170. The SMILES string of the molecule is O=C(O)Cc1c(Cl)cccc1Oc1ccccc1. The van der Waals surface area contributed by atoms with Gasteiger partial charge in [0.25, 0.3) is 0 Å². The summed E-state index contributed by atoms with van der Waals surface area (Å²) in [6.07, 6.45) is -0.165. The van der Waals surface area contributed by atoms with Crippen LogP contribution in [0.15, 0.2) is 48.5 Å². The maximum absolute atomic E-state index is 10.8. The standard InChI is InChI=1S/C14H11ClO3/c15-12-7-4-8-13(11(12)9-14(16)17)18-10-5-2-1-3-6-10/h1-8H,9H2,(H,16,17). The van der Waals surface area contributed by atoms with Crippen molar-refractivity contribution in [2.45, 2.75) is 6.42 Å². The predicted molar refractivity (Wildman–Crippen MR) is 69.3 cm³/mol. The van der Waals surface area contributed by atoms with Gasteiger partial charge in [-0.1, -0.05) is 35.9 Å². The maximum Gasteiger partial charge on any atom is 0.308 e. The molecule has 2 aromatic rings. The van der Waals surface area contributed by atoms with E-state index in [9.17, 15) is 4.79 Å². The summed E-state index contributed by atoms with van der Waals surface area (Å²) in [5.41, 5.74) is 0.482. The Hall–Kier alpha value is -2.00. The molecular formula is C14H11ClO3. The molecule has 0 aromatic heterocycles. The Kier molecular flexibility index (Phi) is 3.85. The minimum Gasteiger partial charge on any atom is -0.481 e. The maximum atomic E-state index is 10.8. The van der Waals surface area contributed by atoms with Crippen LogP contribution in [0.4, 0.5) is 0 Å². The van der Waals surface area contributed by atoms with E-state index in [1.807, 2.05) is 18.2 Å². The highest BCUT2D eigenvalue weighted by Crippen LogP contribution is 2.30. The number of carboxylic acid groups (broad SMARTS) is 1. The Balaban J connectivity index is 2.32. The lowest BCUT2D eigenvalue weighted by atomic mass is 10.1. The Morgan fingerprint density at radius 1 is 1.11 bits per heavy atom. The number of hydrogen-bond donors (Lipinski definition) is 1. The first-order valence-electron chi connectivity index (χ1n) is 5.39. The Bertz CT molecular complexity index is 552. The topological polar surface area (TPSA) is 46.5 Å². The molecule has 0 unspecified atom stereocenters. The number of hydrogen-bond acceptors (Lipinski definition) is 2. The summed E-state index contributed by atoms with van der Waals surface area (Å²) in [6.45, 7) is 0. The first kappa shape index (κ1) is 12.5. The third-order valence-electron chi connectivity index (χ3n) is 2.37. The summed E-state index contributed by atoms with van der Waals surface area (Å²) < 4.78 is 5.64. The zero-order valence-electron chi connectivity index (χ0n) is 9.47. The minimum absolute atomic E-state index is 0.165. The van der Waals surface area contributed by atoms with Crippen LogP contribution in [0.25, 0.3) is 0 Å². The molecule has 0 amide bonds. The van der Waals surface area contributed by atoms with Crippen LogP contribution in [0.3, 0.4) is 0 Å². The molecule has 1 N–H and O–H groups in total. The van der Waals surface area contributed by atoms with Gasteiger partial charge in [-0.15, -0.1) is 0 Å². The van der Waals surface area contributed by atoms with E-state index >= 15 is 0 Å². The Morgan fingerprint density at radius 2 is 1.83 bits per heavy atom. The first-order chi connectivity index (χ1) is 8.66. The molecule has 2 aromatic carbocycles. The highest BCUT2D eigenvalue weighted by Gasteiger charge is 2.12. The number of para-hydroxylation sites is 1. The smallest absolute Gasteiger partial charge is 0.308 e. The number of halogens is 1. The van der Waals surface area contributed by atoms with E-state index in [-0.39, 0.29) is 6.42 Å². The molecule has 2 rings (SSSR count). The molecule has 0 radical (unpaired) electrons. The molecule has 0 heterocycles. The Labute approximate surface area is 110 Å². The lowest BCUT2D eigenvalue weighted by Gasteiger charge is -2.11. The van der Waals surface area contributed by atoms with E-state index in [4.69, 9.17) is 21.4 Å². The van der Waals surface area contributed by atoms with Crippen LogP contribution in [-0.2, 0) is 11.2 Å². The van der Waals surface area contributed by atoms with Gasteiger partial charge in [0.1, 0.15) is 11.5 Å². The normalized spacial score (nSPS) is 10.1. The molecular weight excluding hydrogens is 252 g/mol. The summed E-state index contributed by atoms with van der Waals surface area (Å²) in [7, 11) is 0. The van der Waals surface area contributed by atoms with Gasteiger partial charge in [-0.25, -0.2) is 0 Å². The second kappa shape index (κ2) is 5.56. The second-order valence-electron chi connectivity index (χ2n) is 3.70. The van der Waals surface area contributed by atoms with Crippen LogP contribution in [0, 0.1) is 0 Å². The molecule has 0 spiro atoms. The van der Waals surface area contributed by atoms with Crippen molar-refractivity contribution in [2.24, 2.45) is 0 Å². The lowest BCUT2D eigenvalue weighted by Crippen LogP contribution is -2.02. The van der Waals surface area contributed by atoms with Crippen molar-refractivity contribution in [2.75, 3.05) is 0 Å². The predicted octanol–water partition coefficient (Wildman–Crippen LogP) is 3.76. The molecule has 92 valence electrons. The third-order valence-corrected chi connectivity index (χ3v) is 2.73. The molecule has 0 saturated carbocycles. The van der Waals surface area contributed by atoms with Gasteiger partial charge in [0.2, 0.25) is 0 Å². The van der Waals surface area contributed by atoms with E-state index in [2.05, 4.69) is 0 Å². The largest absolute Gasteiger partial charge is 0.481 e. The lowest BCUT2D eigenvalue weighted by molar-refractivity contribution is -0.136. The first-order valence-corrected chi connectivity index (χ1v) is 5.76. The van der Waals surface area contributed by atoms with Gasteiger partial charge in [0.15, 0.2) is 0 Å². The van der Waals surface area contributed by atoms with E-state index in [1.54, 1.807) is 30.3 Å². The molecule has 0 bridgehead atoms. The van der Waals surface area contributed by atoms with Crippen molar-refractivity contribution in [3.05, 3.63) is 59.1 Å². The molecule has 0 atom stereocenters. The molecule has 3 nitrogen and oxygen atoms in total. The van der Waals surface area contributed by atoms with Gasteiger partial charge >= 0.3 is 5.97 Å². The summed E-state index contributed by atoms with van der Waals surface area (Å²) in [6, 6.07) is 14.2. The molecule has 0 aliphatic rings. The second-order valence-corrected chi connectivity index (χ2v) is 4.11. The number of ether oxygens (including phenoxy) is 1. The van der Waals surface area contributed by atoms with Crippen LogP contribution in [0.5, 0.6) is 11.5 Å². The van der Waals surface area contributed by atoms with Gasteiger partial charge in [-0.05, 0) is 24.3 Å². The number of benzene rings is 2. The van der Waals surface area contributed by atoms with Crippen molar-refractivity contribution in [3.8, 4) is 11.5 Å². The number of carbonyl (C=O) groups is 1. The monoisotopic (exact) mass is 262 g/mol. The molecule has 4 heteroatoms. The van der Waals surface area contributed by atoms with Crippen molar-refractivity contribution in [1.29, 1.82) is 0 Å². The van der Waals surface area contributed by atoms with Crippen LogP contribution >= 0.6 is 11.6 Å². The fourth-order valence-electron chi connectivity index (χ4n) is 1.57. The summed E-state index contributed by atoms with van der Waals surface area (Å²) in [5, 5.41) is 9.26. The van der Waals surface area contributed by atoms with Crippen LogP contribution in [0.1, 0.15) is 5.56 Å². The van der Waals surface area contributed by atoms with Crippen molar-refractivity contribution in [3.63, 3.8) is 0 Å². The fraction of sp³-hybridized carbons (Fsp3) is 0.0714. The minimum atomic E-state index is -0.944. The van der Waals surface area contributed by atoms with Crippen molar-refractivity contribution >= 4 is 17.6 Å². The third kappa shape index (κ3) is 3.02. The van der Waals surface area contributed by atoms with E-state index in [0.717, 1.165) is 0 Å². The number of aliphatic carboxylic acids is 1. The van der Waals surface area contributed by atoms with Gasteiger partial charge in [0, 0.05) is 10.6 Å². The fourth-order valence-corrected chi connectivity index (χ4v) is 1.81.